The molecule has 1 aromatic carbocycles. The van der Waals surface area contributed by atoms with E-state index in [-0.39, 0.29) is 24.0 Å². The van der Waals surface area contributed by atoms with Crippen LogP contribution in [0.5, 0.6) is 0 Å². The Morgan fingerprint density at radius 2 is 2.08 bits per heavy atom. The second kappa shape index (κ2) is 9.79. The number of aromatic nitrogens is 1. The molecule has 2 atom stereocenters. The minimum absolute atomic E-state index is 0. The van der Waals surface area contributed by atoms with Gasteiger partial charge in [-0.05, 0) is 37.8 Å². The molecule has 1 aliphatic carbocycles. The monoisotopic (exact) mass is 454 g/mol. The Bertz CT molecular complexity index is 671. The molecule has 0 saturated heterocycles. The number of nitrogens with one attached hydrogen (secondary N) is 2. The summed E-state index contributed by atoms with van der Waals surface area (Å²) < 4.78 is 5.56. The van der Waals surface area contributed by atoms with Gasteiger partial charge in [-0.3, -0.25) is 0 Å². The van der Waals surface area contributed by atoms with Crippen molar-refractivity contribution >= 4 is 29.9 Å². The Morgan fingerprint density at radius 1 is 1.28 bits per heavy atom. The molecule has 3 rings (SSSR count). The third-order valence-corrected chi connectivity index (χ3v) is 4.22. The molecule has 136 valence electrons. The van der Waals surface area contributed by atoms with E-state index in [0.29, 0.717) is 18.5 Å². The lowest BCUT2D eigenvalue weighted by atomic mass is 10.2. The summed E-state index contributed by atoms with van der Waals surface area (Å²) in [5.41, 5.74) is 1.82. The van der Waals surface area contributed by atoms with Gasteiger partial charge in [0.1, 0.15) is 12.0 Å². The number of benzene rings is 1. The third kappa shape index (κ3) is 5.73. The highest BCUT2D eigenvalue weighted by atomic mass is 127. The molecule has 1 aromatic heterocycles. The zero-order valence-electron chi connectivity index (χ0n) is 14.9. The summed E-state index contributed by atoms with van der Waals surface area (Å²) in [5, 5.41) is 6.82. The Kier molecular flexibility index (Phi) is 7.74. The van der Waals surface area contributed by atoms with Crippen molar-refractivity contribution in [3.63, 3.8) is 0 Å². The van der Waals surface area contributed by atoms with Crippen LogP contribution in [0.3, 0.4) is 0 Å². The van der Waals surface area contributed by atoms with Crippen molar-refractivity contribution in [2.45, 2.75) is 45.7 Å². The van der Waals surface area contributed by atoms with Crippen LogP contribution in [0.25, 0.3) is 11.5 Å². The normalized spacial score (nSPS) is 19.2. The topological polar surface area (TPSA) is 62.5 Å². The molecule has 1 saturated carbocycles. The van der Waals surface area contributed by atoms with Crippen molar-refractivity contribution in [2.24, 2.45) is 10.9 Å². The van der Waals surface area contributed by atoms with Gasteiger partial charge in [0.15, 0.2) is 5.96 Å². The van der Waals surface area contributed by atoms with Crippen LogP contribution in [0.2, 0.25) is 0 Å². The van der Waals surface area contributed by atoms with Gasteiger partial charge < -0.3 is 15.1 Å². The Morgan fingerprint density at radius 3 is 2.80 bits per heavy atom. The number of aliphatic imine (C=N–C) groups is 1. The van der Waals surface area contributed by atoms with Crippen LogP contribution in [0.1, 0.15) is 38.8 Å². The van der Waals surface area contributed by atoms with Gasteiger partial charge in [0.05, 0.1) is 6.54 Å². The van der Waals surface area contributed by atoms with Crippen molar-refractivity contribution in [3.05, 3.63) is 42.3 Å². The molecule has 2 N–H and O–H groups in total. The third-order valence-electron chi connectivity index (χ3n) is 4.22. The molecule has 1 heterocycles. The first kappa shape index (κ1) is 19.8. The van der Waals surface area contributed by atoms with Gasteiger partial charge in [0, 0.05) is 18.2 Å². The largest absolute Gasteiger partial charge is 0.444 e. The fraction of sp³-hybridized carbons (Fsp3) is 0.474. The predicted molar refractivity (Wildman–Crippen MR) is 112 cm³/mol. The highest BCUT2D eigenvalue weighted by Crippen LogP contribution is 2.34. The second-order valence-corrected chi connectivity index (χ2v) is 6.24. The predicted octanol–water partition coefficient (Wildman–Crippen LogP) is 4.20. The summed E-state index contributed by atoms with van der Waals surface area (Å²) in [6.07, 6.45) is 5.48. The van der Waals surface area contributed by atoms with E-state index < -0.39 is 0 Å². The lowest BCUT2D eigenvalue weighted by Crippen LogP contribution is -2.39. The molecule has 0 aliphatic heterocycles. The van der Waals surface area contributed by atoms with Crippen LogP contribution in [0.4, 0.5) is 0 Å². The van der Waals surface area contributed by atoms with Crippen LogP contribution in [-0.4, -0.2) is 23.5 Å². The maximum absolute atomic E-state index is 5.56. The molecule has 1 fully saturated rings. The van der Waals surface area contributed by atoms with Crippen LogP contribution in [0.15, 0.2) is 46.0 Å². The first-order valence-corrected chi connectivity index (χ1v) is 8.84. The van der Waals surface area contributed by atoms with Crippen LogP contribution in [-0.2, 0) is 6.54 Å². The number of halogens is 1. The molecule has 25 heavy (non-hydrogen) atoms. The first-order valence-electron chi connectivity index (χ1n) is 8.84. The first-order chi connectivity index (χ1) is 11.8. The number of hydrogen-bond acceptors (Lipinski definition) is 3. The summed E-state index contributed by atoms with van der Waals surface area (Å²) in [7, 11) is 0. The second-order valence-electron chi connectivity index (χ2n) is 6.24. The van der Waals surface area contributed by atoms with Gasteiger partial charge in [-0.2, -0.15) is 0 Å². The van der Waals surface area contributed by atoms with E-state index in [0.717, 1.165) is 29.7 Å². The van der Waals surface area contributed by atoms with E-state index in [2.05, 4.69) is 34.5 Å². The Balaban J connectivity index is 0.00000225. The van der Waals surface area contributed by atoms with E-state index in [1.54, 1.807) is 6.26 Å². The average molecular weight is 454 g/mol. The highest BCUT2D eigenvalue weighted by molar-refractivity contribution is 14.0. The maximum atomic E-state index is 5.56. The molecule has 0 bridgehead atoms. The lowest BCUT2D eigenvalue weighted by Gasteiger charge is -2.10. The smallest absolute Gasteiger partial charge is 0.226 e. The van der Waals surface area contributed by atoms with Crippen molar-refractivity contribution in [2.75, 3.05) is 6.54 Å². The molecule has 6 heteroatoms. The van der Waals surface area contributed by atoms with E-state index in [4.69, 9.17) is 4.42 Å². The van der Waals surface area contributed by atoms with Gasteiger partial charge in [0.2, 0.25) is 5.89 Å². The SMILES string of the molecule is CCCC1CC1NC(=NCc1coc(-c2ccccc2)n1)NCC.I. The van der Waals surface area contributed by atoms with Gasteiger partial charge in [-0.1, -0.05) is 31.5 Å². The van der Waals surface area contributed by atoms with E-state index in [1.807, 2.05) is 30.3 Å². The number of oxazole rings is 1. The fourth-order valence-electron chi connectivity index (χ4n) is 2.86. The summed E-state index contributed by atoms with van der Waals surface area (Å²) in [5.74, 6) is 2.31. The highest BCUT2D eigenvalue weighted by Gasteiger charge is 2.36. The molecule has 5 nitrogen and oxygen atoms in total. The summed E-state index contributed by atoms with van der Waals surface area (Å²) in [6, 6.07) is 10.5. The standard InChI is InChI=1S/C19H26N4O.HI/c1-3-8-15-11-17(15)23-19(20-4-2)21-12-16-13-24-18(22-16)14-9-6-5-7-10-14;/h5-7,9-10,13,15,17H,3-4,8,11-12H2,1-2H3,(H2,20,21,23);1H. The Hall–Kier alpha value is -1.57. The van der Waals surface area contributed by atoms with E-state index in [9.17, 15) is 0 Å². The zero-order chi connectivity index (χ0) is 16.8. The maximum Gasteiger partial charge on any atom is 0.226 e. The quantitative estimate of drug-likeness (QED) is 0.374. The number of guanidine groups is 1. The number of nitrogens with zero attached hydrogens (tertiary/aromatic N) is 2. The average Bonchev–Trinajstić information content (AvgIpc) is 3.15. The molecule has 0 radical (unpaired) electrons. The van der Waals surface area contributed by atoms with E-state index >= 15 is 0 Å². The summed E-state index contributed by atoms with van der Waals surface area (Å²) in [4.78, 5) is 9.16. The van der Waals surface area contributed by atoms with Crippen molar-refractivity contribution in [1.29, 1.82) is 0 Å². The van der Waals surface area contributed by atoms with Crippen molar-refractivity contribution < 1.29 is 4.42 Å². The Labute approximate surface area is 166 Å². The number of rotatable bonds is 7. The van der Waals surface area contributed by atoms with Crippen molar-refractivity contribution in [1.82, 2.24) is 15.6 Å². The molecular formula is C19H27IN4O. The zero-order valence-corrected chi connectivity index (χ0v) is 17.2. The van der Waals surface area contributed by atoms with Crippen LogP contribution < -0.4 is 10.6 Å². The van der Waals surface area contributed by atoms with Gasteiger partial charge in [-0.15, -0.1) is 24.0 Å². The summed E-state index contributed by atoms with van der Waals surface area (Å²) in [6.45, 7) is 5.68. The molecule has 0 amide bonds. The number of hydrogen-bond donors (Lipinski definition) is 2. The summed E-state index contributed by atoms with van der Waals surface area (Å²) >= 11 is 0. The molecule has 2 aromatic rings. The van der Waals surface area contributed by atoms with Gasteiger partial charge in [0.25, 0.3) is 0 Å². The van der Waals surface area contributed by atoms with Crippen LogP contribution in [0, 0.1) is 5.92 Å². The lowest BCUT2D eigenvalue weighted by molar-refractivity contribution is 0.572. The van der Waals surface area contributed by atoms with Crippen molar-refractivity contribution in [3.8, 4) is 11.5 Å². The van der Waals surface area contributed by atoms with E-state index in [1.165, 1.54) is 19.3 Å². The van der Waals surface area contributed by atoms with Gasteiger partial charge in [-0.25, -0.2) is 9.98 Å². The van der Waals surface area contributed by atoms with Gasteiger partial charge >= 0.3 is 0 Å². The fourth-order valence-corrected chi connectivity index (χ4v) is 2.86. The molecular weight excluding hydrogens is 427 g/mol. The minimum atomic E-state index is 0. The molecule has 2 unspecified atom stereocenters. The minimum Gasteiger partial charge on any atom is -0.444 e. The molecule has 0 spiro atoms. The molecule has 1 aliphatic rings. The van der Waals surface area contributed by atoms with Crippen LogP contribution >= 0.6 is 24.0 Å².